The molecule has 0 radical (unpaired) electrons. The van der Waals surface area contributed by atoms with Gasteiger partial charge in [0.1, 0.15) is 0 Å². The summed E-state index contributed by atoms with van der Waals surface area (Å²) in [6.07, 6.45) is 22.9. The molecule has 0 unspecified atom stereocenters. The van der Waals surface area contributed by atoms with Crippen molar-refractivity contribution in [3.63, 3.8) is 0 Å². The van der Waals surface area contributed by atoms with Gasteiger partial charge in [-0.15, -0.1) is 0 Å². The highest BCUT2D eigenvalue weighted by atomic mass is 35.5. The van der Waals surface area contributed by atoms with Crippen LogP contribution in [0.5, 0.6) is 0 Å². The summed E-state index contributed by atoms with van der Waals surface area (Å²) in [6.45, 7) is 7.36. The Labute approximate surface area is 267 Å². The molecule has 0 aliphatic heterocycles. The van der Waals surface area contributed by atoms with Crippen LogP contribution in [-0.2, 0) is 11.2 Å². The molecule has 2 aromatic carbocycles. The van der Waals surface area contributed by atoms with Crippen molar-refractivity contribution in [3.8, 4) is 0 Å². The van der Waals surface area contributed by atoms with E-state index >= 15 is 0 Å². The lowest BCUT2D eigenvalue weighted by Crippen LogP contribution is -2.41. The standard InChI is InChI=1S/C22H48N.C14H11Cl2NO2/c1-5-7-9-11-13-15-17-19-21-23(3,4)22-20-18-16-14-12-10-8-6-2;15-10-5-3-6-11(16)14(10)17-12-7-2-1-4-9(12)8-13(18)19/h5-22H2,1-4H3;1-7,17H,8H2,(H,18,19)/q+1;/p-1. The van der Waals surface area contributed by atoms with Crippen molar-refractivity contribution in [3.05, 3.63) is 58.1 Å². The van der Waals surface area contributed by atoms with E-state index in [0.29, 0.717) is 27.0 Å². The number of aliphatic carboxylic acids is 1. The van der Waals surface area contributed by atoms with Gasteiger partial charge < -0.3 is 19.7 Å². The number of hydrogen-bond donors (Lipinski definition) is 1. The predicted octanol–water partition coefficient (Wildman–Crippen LogP) is 10.4. The van der Waals surface area contributed by atoms with Crippen LogP contribution < -0.4 is 10.4 Å². The van der Waals surface area contributed by atoms with Crippen LogP contribution in [0.4, 0.5) is 11.4 Å². The van der Waals surface area contributed by atoms with Crippen molar-refractivity contribution in [1.82, 2.24) is 0 Å². The number of rotatable bonds is 22. The molecule has 2 aromatic rings. The van der Waals surface area contributed by atoms with E-state index in [9.17, 15) is 9.90 Å². The summed E-state index contributed by atoms with van der Waals surface area (Å²) in [5.74, 6) is -1.14. The Kier molecular flexibility index (Phi) is 21.6. The molecule has 0 saturated carbocycles. The Bertz CT molecular complexity index is 938. The molecule has 1 N–H and O–H groups in total. The zero-order chi connectivity index (χ0) is 31.1. The second kappa shape index (κ2) is 23.7. The highest BCUT2D eigenvalue weighted by molar-refractivity contribution is 6.39. The molecule has 0 saturated heterocycles. The minimum atomic E-state index is -1.14. The molecule has 0 aromatic heterocycles. The zero-order valence-corrected chi connectivity index (χ0v) is 28.5. The molecule has 4 nitrogen and oxygen atoms in total. The number of para-hydroxylation sites is 2. The summed E-state index contributed by atoms with van der Waals surface area (Å²) in [6, 6.07) is 12.2. The number of carbonyl (C=O) groups excluding carboxylic acids is 1. The number of nitrogens with one attached hydrogen (secondary N) is 1. The first kappa shape index (κ1) is 38.3. The Hall–Kier alpha value is -1.75. The van der Waals surface area contributed by atoms with Gasteiger partial charge in [0, 0.05) is 18.1 Å². The van der Waals surface area contributed by atoms with Crippen LogP contribution in [0, 0.1) is 0 Å². The summed E-state index contributed by atoms with van der Waals surface area (Å²) in [7, 11) is 4.87. The summed E-state index contributed by atoms with van der Waals surface area (Å²) in [5.41, 5.74) is 1.80. The maximum absolute atomic E-state index is 10.7. The van der Waals surface area contributed by atoms with Gasteiger partial charge in [0.05, 0.1) is 42.9 Å². The molecule has 0 heterocycles. The van der Waals surface area contributed by atoms with Gasteiger partial charge in [-0.25, -0.2) is 0 Å². The van der Waals surface area contributed by atoms with E-state index in [2.05, 4.69) is 33.3 Å². The number of nitrogens with zero attached hydrogens (tertiary/aromatic N) is 1. The van der Waals surface area contributed by atoms with Crippen LogP contribution in [0.2, 0.25) is 10.0 Å². The van der Waals surface area contributed by atoms with E-state index in [1.807, 2.05) is 0 Å². The maximum atomic E-state index is 10.7. The molecule has 0 fully saturated rings. The van der Waals surface area contributed by atoms with E-state index < -0.39 is 5.97 Å². The summed E-state index contributed by atoms with van der Waals surface area (Å²) < 4.78 is 1.24. The molecular formula is C36H58Cl2N2O2. The minimum absolute atomic E-state index is 0.175. The smallest absolute Gasteiger partial charge is 0.0782 e. The fraction of sp³-hybridized carbons (Fsp3) is 0.639. The number of anilines is 2. The van der Waals surface area contributed by atoms with E-state index in [1.54, 1.807) is 42.5 Å². The van der Waals surface area contributed by atoms with Crippen LogP contribution in [0.25, 0.3) is 0 Å². The molecule has 0 aliphatic carbocycles. The van der Waals surface area contributed by atoms with Gasteiger partial charge in [-0.05, 0) is 49.4 Å². The second-order valence-electron chi connectivity index (χ2n) is 12.3. The largest absolute Gasteiger partial charge is 0.550 e. The number of unbranched alkanes of at least 4 members (excludes halogenated alkanes) is 14. The van der Waals surface area contributed by atoms with Gasteiger partial charge in [0.15, 0.2) is 0 Å². The lowest BCUT2D eigenvalue weighted by molar-refractivity contribution is -0.890. The van der Waals surface area contributed by atoms with Crippen molar-refractivity contribution in [1.29, 1.82) is 0 Å². The summed E-state index contributed by atoms with van der Waals surface area (Å²) in [4.78, 5) is 10.7. The average Bonchev–Trinajstić information content (AvgIpc) is 2.94. The predicted molar refractivity (Wildman–Crippen MR) is 182 cm³/mol. The van der Waals surface area contributed by atoms with Gasteiger partial charge in [-0.1, -0.05) is 138 Å². The van der Waals surface area contributed by atoms with Crippen LogP contribution in [0.3, 0.4) is 0 Å². The molecule has 6 heteroatoms. The monoisotopic (exact) mass is 620 g/mol. The van der Waals surface area contributed by atoms with Gasteiger partial charge in [-0.2, -0.15) is 0 Å². The lowest BCUT2D eigenvalue weighted by Gasteiger charge is -2.30. The molecule has 0 amide bonds. The van der Waals surface area contributed by atoms with Crippen LogP contribution in [0.1, 0.15) is 122 Å². The third-order valence-electron chi connectivity index (χ3n) is 7.81. The Morgan fingerprint density at radius 1 is 0.667 bits per heavy atom. The quantitative estimate of drug-likeness (QED) is 0.105. The number of quaternary nitrogens is 1. The Balaban J connectivity index is 0.000000426. The molecule has 42 heavy (non-hydrogen) atoms. The topological polar surface area (TPSA) is 52.2 Å². The molecule has 0 atom stereocenters. The highest BCUT2D eigenvalue weighted by Crippen LogP contribution is 2.33. The number of carboxylic acids is 1. The first-order chi connectivity index (χ1) is 20.2. The van der Waals surface area contributed by atoms with Crippen molar-refractivity contribution < 1.29 is 14.4 Å². The van der Waals surface area contributed by atoms with E-state index in [4.69, 9.17) is 23.2 Å². The van der Waals surface area contributed by atoms with Crippen LogP contribution in [-0.4, -0.2) is 37.6 Å². The van der Waals surface area contributed by atoms with Crippen molar-refractivity contribution in [2.24, 2.45) is 0 Å². The third kappa shape index (κ3) is 18.7. The minimum Gasteiger partial charge on any atom is -0.550 e. The molecule has 238 valence electrons. The molecule has 0 bridgehead atoms. The fourth-order valence-corrected chi connectivity index (χ4v) is 5.65. The van der Waals surface area contributed by atoms with Gasteiger partial charge in [-0.3, -0.25) is 0 Å². The molecule has 0 aliphatic rings. The molecule has 0 spiro atoms. The van der Waals surface area contributed by atoms with Gasteiger partial charge in [0.25, 0.3) is 0 Å². The average molecular weight is 622 g/mol. The highest BCUT2D eigenvalue weighted by Gasteiger charge is 2.13. The van der Waals surface area contributed by atoms with Crippen molar-refractivity contribution >= 4 is 40.5 Å². The number of carbonyl (C=O) groups is 1. The van der Waals surface area contributed by atoms with Gasteiger partial charge >= 0.3 is 0 Å². The lowest BCUT2D eigenvalue weighted by atomic mass is 10.1. The zero-order valence-electron chi connectivity index (χ0n) is 27.0. The maximum Gasteiger partial charge on any atom is 0.0782 e. The summed E-state index contributed by atoms with van der Waals surface area (Å²) >= 11 is 12.1. The normalized spacial score (nSPS) is 11.2. The Morgan fingerprint density at radius 2 is 1.10 bits per heavy atom. The Morgan fingerprint density at radius 3 is 1.55 bits per heavy atom. The number of hydrogen-bond acceptors (Lipinski definition) is 3. The van der Waals surface area contributed by atoms with Crippen LogP contribution >= 0.6 is 23.2 Å². The van der Waals surface area contributed by atoms with E-state index in [0.717, 1.165) is 0 Å². The first-order valence-electron chi connectivity index (χ1n) is 16.5. The fourth-order valence-electron chi connectivity index (χ4n) is 5.16. The molecular weight excluding hydrogens is 563 g/mol. The van der Waals surface area contributed by atoms with E-state index in [1.165, 1.54) is 120 Å². The van der Waals surface area contributed by atoms with Gasteiger partial charge in [0.2, 0.25) is 0 Å². The van der Waals surface area contributed by atoms with Crippen molar-refractivity contribution in [2.75, 3.05) is 32.5 Å². The summed E-state index contributed by atoms with van der Waals surface area (Å²) in [5, 5.41) is 14.7. The first-order valence-corrected chi connectivity index (χ1v) is 17.3. The van der Waals surface area contributed by atoms with Crippen molar-refractivity contribution in [2.45, 2.75) is 123 Å². The molecule has 2 rings (SSSR count). The third-order valence-corrected chi connectivity index (χ3v) is 8.44. The number of halogens is 2. The second-order valence-corrected chi connectivity index (χ2v) is 13.1. The van der Waals surface area contributed by atoms with E-state index in [-0.39, 0.29) is 6.42 Å². The number of carboxylic acid groups (broad SMARTS) is 1. The number of benzene rings is 2. The van der Waals surface area contributed by atoms with Crippen LogP contribution in [0.15, 0.2) is 42.5 Å². The SMILES string of the molecule is CCCCCCCCCC[N+](C)(C)CCCCCCCCCC.O=C([O-])Cc1ccccc1Nc1c(Cl)cccc1Cl.